The van der Waals surface area contributed by atoms with E-state index in [1.807, 2.05) is 38.1 Å². The highest BCUT2D eigenvalue weighted by Crippen LogP contribution is 2.30. The maximum absolute atomic E-state index is 13.7. The number of nitrogens with zero attached hydrogens (tertiary/aromatic N) is 2. The lowest BCUT2D eigenvalue weighted by atomic mass is 9.94. The van der Waals surface area contributed by atoms with Crippen molar-refractivity contribution in [2.45, 2.75) is 32.4 Å². The minimum Gasteiger partial charge on any atom is -0.342 e. The van der Waals surface area contributed by atoms with Gasteiger partial charge in [0.15, 0.2) is 0 Å². The van der Waals surface area contributed by atoms with Crippen molar-refractivity contribution in [3.05, 3.63) is 82.0 Å². The molecule has 0 bridgehead atoms. The van der Waals surface area contributed by atoms with E-state index >= 15 is 0 Å². The first-order chi connectivity index (χ1) is 16.8. The molecular formula is C26H26FN5O2S. The zero-order chi connectivity index (χ0) is 24.6. The number of H-pyrrole nitrogens is 1. The molecule has 5 rings (SSSR count). The summed E-state index contributed by atoms with van der Waals surface area (Å²) < 4.78 is 13.7. The summed E-state index contributed by atoms with van der Waals surface area (Å²) in [5.74, 6) is -0.465. The number of carbonyl (C=O) groups excluding carboxylic acids is 2. The van der Waals surface area contributed by atoms with Gasteiger partial charge in [0.25, 0.3) is 11.8 Å². The second-order valence-corrected chi connectivity index (χ2v) is 10.3. The number of aromatic amines is 1. The fraction of sp³-hybridized carbons (Fsp3) is 0.269. The Labute approximate surface area is 206 Å². The lowest BCUT2D eigenvalue weighted by Crippen LogP contribution is -2.40. The van der Waals surface area contributed by atoms with Gasteiger partial charge in [-0.3, -0.25) is 19.6 Å². The smallest absolute Gasteiger partial charge is 0.262 e. The van der Waals surface area contributed by atoms with Crippen LogP contribution in [0.2, 0.25) is 0 Å². The molecule has 180 valence electrons. The maximum Gasteiger partial charge on any atom is 0.262 e. The van der Waals surface area contributed by atoms with E-state index in [9.17, 15) is 14.0 Å². The van der Waals surface area contributed by atoms with Crippen LogP contribution in [-0.2, 0) is 12.1 Å². The van der Waals surface area contributed by atoms with Gasteiger partial charge < -0.3 is 10.6 Å². The highest BCUT2D eigenvalue weighted by molar-refractivity contribution is 7.20. The Kier molecular flexibility index (Phi) is 6.12. The average molecular weight is 492 g/mol. The number of benzene rings is 2. The van der Waals surface area contributed by atoms with Crippen LogP contribution in [0.4, 0.5) is 10.2 Å². The molecule has 1 fully saturated rings. The van der Waals surface area contributed by atoms with Gasteiger partial charge in [0.1, 0.15) is 16.5 Å². The van der Waals surface area contributed by atoms with Gasteiger partial charge in [-0.1, -0.05) is 24.3 Å². The molecule has 7 nitrogen and oxygen atoms in total. The zero-order valence-corrected chi connectivity index (χ0v) is 20.3. The number of fused-ring (bicyclic) bond motifs is 1. The Morgan fingerprint density at radius 1 is 1.11 bits per heavy atom. The van der Waals surface area contributed by atoms with Crippen LogP contribution in [0.5, 0.6) is 0 Å². The third-order valence-electron chi connectivity index (χ3n) is 6.26. The third kappa shape index (κ3) is 4.96. The van der Waals surface area contributed by atoms with Crippen molar-refractivity contribution < 1.29 is 14.0 Å². The number of halogens is 1. The van der Waals surface area contributed by atoms with Gasteiger partial charge in [-0.15, -0.1) is 11.3 Å². The van der Waals surface area contributed by atoms with Gasteiger partial charge in [0.2, 0.25) is 0 Å². The summed E-state index contributed by atoms with van der Waals surface area (Å²) >= 11 is 1.22. The van der Waals surface area contributed by atoms with Crippen molar-refractivity contribution in [3.8, 4) is 0 Å². The van der Waals surface area contributed by atoms with Gasteiger partial charge in [0.05, 0.1) is 15.8 Å². The van der Waals surface area contributed by atoms with Crippen LogP contribution in [-0.4, -0.2) is 40.0 Å². The Hall–Kier alpha value is -3.56. The molecule has 0 radical (unpaired) electrons. The van der Waals surface area contributed by atoms with E-state index in [-0.39, 0.29) is 17.6 Å². The topological polar surface area (TPSA) is 90.1 Å². The molecule has 0 spiro atoms. The number of likely N-dealkylation sites (tertiary alicyclic amines) is 1. The van der Waals surface area contributed by atoms with Crippen LogP contribution in [0, 0.1) is 5.82 Å². The molecule has 2 amide bonds. The summed E-state index contributed by atoms with van der Waals surface area (Å²) in [7, 11) is 0. The predicted molar refractivity (Wildman–Crippen MR) is 135 cm³/mol. The lowest BCUT2D eigenvalue weighted by molar-refractivity contribution is 0.0915. The minimum atomic E-state index is -0.772. The first-order valence-electron chi connectivity index (χ1n) is 11.5. The average Bonchev–Trinajstić information content (AvgIpc) is 3.38. The molecule has 1 aliphatic rings. The molecule has 0 unspecified atom stereocenters. The summed E-state index contributed by atoms with van der Waals surface area (Å²) in [6.07, 6.45) is 1.25. The summed E-state index contributed by atoms with van der Waals surface area (Å²) in [5.41, 5.74) is 1.62. The zero-order valence-electron chi connectivity index (χ0n) is 19.5. The molecule has 1 aliphatic heterocycles. The summed E-state index contributed by atoms with van der Waals surface area (Å²) in [4.78, 5) is 29.2. The molecule has 2 aromatic carbocycles. The number of nitrogens with one attached hydrogen (secondary N) is 3. The van der Waals surface area contributed by atoms with E-state index in [0.29, 0.717) is 32.0 Å². The van der Waals surface area contributed by atoms with Crippen LogP contribution < -0.4 is 10.6 Å². The molecule has 3 N–H and O–H groups in total. The van der Waals surface area contributed by atoms with Gasteiger partial charge in [-0.2, -0.15) is 5.10 Å². The number of anilines is 1. The maximum atomic E-state index is 13.7. The molecule has 9 heteroatoms. The van der Waals surface area contributed by atoms with Crippen molar-refractivity contribution in [1.82, 2.24) is 20.4 Å². The number of hydrogen-bond donors (Lipinski definition) is 3. The van der Waals surface area contributed by atoms with Crippen molar-refractivity contribution in [3.63, 3.8) is 0 Å². The molecule has 0 aliphatic carbocycles. The lowest BCUT2D eigenvalue weighted by Gasteiger charge is -2.30. The Balaban J connectivity index is 1.27. The first kappa shape index (κ1) is 23.2. The highest BCUT2D eigenvalue weighted by atomic mass is 32.1. The van der Waals surface area contributed by atoms with E-state index in [4.69, 9.17) is 0 Å². The number of thiophene rings is 1. The van der Waals surface area contributed by atoms with E-state index in [1.54, 1.807) is 18.2 Å². The van der Waals surface area contributed by atoms with Crippen LogP contribution >= 0.6 is 11.3 Å². The highest BCUT2D eigenvalue weighted by Gasteiger charge is 2.26. The van der Waals surface area contributed by atoms with E-state index in [1.165, 1.54) is 35.5 Å². The van der Waals surface area contributed by atoms with Crippen LogP contribution in [0.15, 0.2) is 54.6 Å². The largest absolute Gasteiger partial charge is 0.342 e. The van der Waals surface area contributed by atoms with Crippen molar-refractivity contribution in [1.29, 1.82) is 0 Å². The number of carbonyl (C=O) groups is 2. The van der Waals surface area contributed by atoms with Gasteiger partial charge in [-0.25, -0.2) is 4.39 Å². The molecular weight excluding hydrogens is 465 g/mol. The Morgan fingerprint density at radius 3 is 2.57 bits per heavy atom. The van der Waals surface area contributed by atoms with Crippen LogP contribution in [0.1, 0.15) is 51.4 Å². The molecule has 0 atom stereocenters. The van der Waals surface area contributed by atoms with Crippen molar-refractivity contribution in [2.24, 2.45) is 0 Å². The summed E-state index contributed by atoms with van der Waals surface area (Å²) in [6.45, 7) is 6.79. The van der Waals surface area contributed by atoms with Crippen LogP contribution in [0.3, 0.4) is 0 Å². The van der Waals surface area contributed by atoms with Crippen LogP contribution in [0.25, 0.3) is 10.2 Å². The molecule has 35 heavy (non-hydrogen) atoms. The predicted octanol–water partition coefficient (Wildman–Crippen LogP) is 4.89. The fourth-order valence-electron chi connectivity index (χ4n) is 4.06. The van der Waals surface area contributed by atoms with Crippen molar-refractivity contribution >= 4 is 39.2 Å². The number of hydrogen-bond acceptors (Lipinski definition) is 5. The van der Waals surface area contributed by atoms with Gasteiger partial charge in [-0.05, 0) is 74.8 Å². The molecule has 1 saturated heterocycles. The minimum absolute atomic E-state index is 0.254. The van der Waals surface area contributed by atoms with Gasteiger partial charge in [0, 0.05) is 12.1 Å². The van der Waals surface area contributed by atoms with Crippen molar-refractivity contribution in [2.75, 3.05) is 18.4 Å². The Bertz CT molecular complexity index is 1390. The Morgan fingerprint density at radius 2 is 1.89 bits per heavy atom. The molecule has 4 aromatic rings. The second-order valence-electron chi connectivity index (χ2n) is 9.30. The molecule has 0 saturated carbocycles. The number of amides is 2. The summed E-state index contributed by atoms with van der Waals surface area (Å²) in [6, 6.07) is 15.5. The van der Waals surface area contributed by atoms with Gasteiger partial charge >= 0.3 is 0 Å². The monoisotopic (exact) mass is 491 g/mol. The summed E-state index contributed by atoms with van der Waals surface area (Å²) in [5, 5.41) is 13.6. The number of rotatable bonds is 7. The normalized spacial score (nSPS) is 14.0. The standard InChI is InChI=1S/C26H26FN5O2S/c1-26(2,18-5-3-6-19(27)13-18)29-24(34)21-14-20-22(30-31-25(20)35-21)28-23(33)17-9-7-16(8-10-17)15-32-11-4-12-32/h3,5-10,13-14H,4,11-12,15H2,1-2H3,(H,29,34)(H2,28,30,31,33). The second kappa shape index (κ2) is 9.24. The quantitative estimate of drug-likeness (QED) is 0.344. The first-order valence-corrected chi connectivity index (χ1v) is 12.3. The SMILES string of the molecule is CC(C)(NC(=O)c1cc2c(NC(=O)c3ccc(CN4CCC4)cc3)[nH]nc2s1)c1cccc(F)c1. The van der Waals surface area contributed by atoms with E-state index in [0.717, 1.165) is 19.6 Å². The fourth-order valence-corrected chi connectivity index (χ4v) is 4.95. The molecule has 3 heterocycles. The van der Waals surface area contributed by atoms with E-state index < -0.39 is 5.54 Å². The number of aromatic nitrogens is 2. The third-order valence-corrected chi connectivity index (χ3v) is 7.28. The van der Waals surface area contributed by atoms with E-state index in [2.05, 4.69) is 25.7 Å². The molecule has 2 aromatic heterocycles.